The Morgan fingerprint density at radius 1 is 0.317 bits per heavy atom. The summed E-state index contributed by atoms with van der Waals surface area (Å²) in [5.41, 5.74) is 6.14. The van der Waals surface area contributed by atoms with Crippen LogP contribution in [0.15, 0.2) is 152 Å². The van der Waals surface area contributed by atoms with Gasteiger partial charge in [0.2, 0.25) is 0 Å². The Hall–Kier alpha value is -5.40. The van der Waals surface area contributed by atoms with Gasteiger partial charge in [-0.2, -0.15) is 0 Å². The maximum absolute atomic E-state index is 2.41. The molecule has 0 amide bonds. The molecule has 0 fully saturated rings. The van der Waals surface area contributed by atoms with Crippen LogP contribution in [0.25, 0.3) is 81.7 Å². The van der Waals surface area contributed by atoms with Gasteiger partial charge in [0.25, 0.3) is 0 Å². The summed E-state index contributed by atoms with van der Waals surface area (Å²) in [6.45, 7) is 0. The van der Waals surface area contributed by atoms with Crippen LogP contribution < -0.4 is 0 Å². The third kappa shape index (κ3) is 3.36. The van der Waals surface area contributed by atoms with Gasteiger partial charge in [0.15, 0.2) is 0 Å². The molecule has 0 aliphatic heterocycles. The first-order valence-electron chi connectivity index (χ1n) is 14.2. The van der Waals surface area contributed by atoms with E-state index in [1.807, 2.05) is 0 Å². The molecule has 1 heteroatoms. The molecule has 9 aromatic rings. The largest absolute Gasteiger partial charge is 0.309 e. The van der Waals surface area contributed by atoms with Gasteiger partial charge in [-0.25, -0.2) is 0 Å². The van der Waals surface area contributed by atoms with Gasteiger partial charge in [-0.05, 0) is 90.6 Å². The standard InChI is InChI=1S/C40H25N/c1-2-9-28-25-33(19-15-26(28)7-1)41-38-12-6-5-11-37(38)40-36-21-17-30(24-32(36)18-22-39(40)41)29-16-20-35-31(23-29)14-13-27-8-3-4-10-34(27)35/h1-25H. The molecule has 0 aliphatic rings. The van der Waals surface area contributed by atoms with Gasteiger partial charge in [0, 0.05) is 16.5 Å². The van der Waals surface area contributed by atoms with Crippen LogP contribution in [0.4, 0.5) is 0 Å². The van der Waals surface area contributed by atoms with Gasteiger partial charge >= 0.3 is 0 Å². The first kappa shape index (κ1) is 22.4. The first-order chi connectivity index (χ1) is 20.3. The van der Waals surface area contributed by atoms with Gasteiger partial charge in [0.05, 0.1) is 11.0 Å². The zero-order valence-corrected chi connectivity index (χ0v) is 22.4. The third-order valence-electron chi connectivity index (χ3n) is 8.72. The normalized spacial score (nSPS) is 11.9. The van der Waals surface area contributed by atoms with Crippen molar-refractivity contribution >= 4 is 64.9 Å². The van der Waals surface area contributed by atoms with E-state index < -0.39 is 0 Å². The van der Waals surface area contributed by atoms with E-state index in [1.165, 1.54) is 81.7 Å². The minimum Gasteiger partial charge on any atom is -0.309 e. The summed E-state index contributed by atoms with van der Waals surface area (Å²) < 4.78 is 2.41. The Labute approximate surface area is 237 Å². The monoisotopic (exact) mass is 519 g/mol. The molecule has 1 heterocycles. The zero-order chi connectivity index (χ0) is 26.9. The van der Waals surface area contributed by atoms with E-state index in [2.05, 4.69) is 156 Å². The molecule has 0 unspecified atom stereocenters. The van der Waals surface area contributed by atoms with Gasteiger partial charge in [0.1, 0.15) is 0 Å². The van der Waals surface area contributed by atoms with Crippen LogP contribution in [0.5, 0.6) is 0 Å². The van der Waals surface area contributed by atoms with Crippen molar-refractivity contribution < 1.29 is 0 Å². The average Bonchev–Trinajstić information content (AvgIpc) is 3.38. The lowest BCUT2D eigenvalue weighted by molar-refractivity contribution is 1.19. The second kappa shape index (κ2) is 8.55. The quantitative estimate of drug-likeness (QED) is 0.200. The number of hydrogen-bond donors (Lipinski definition) is 0. The van der Waals surface area contributed by atoms with Crippen LogP contribution in [-0.2, 0) is 0 Å². The van der Waals surface area contributed by atoms with E-state index in [4.69, 9.17) is 0 Å². The van der Waals surface area contributed by atoms with Crippen molar-refractivity contribution in [3.8, 4) is 16.8 Å². The molecular weight excluding hydrogens is 494 g/mol. The lowest BCUT2D eigenvalue weighted by atomic mass is 9.95. The lowest BCUT2D eigenvalue weighted by Gasteiger charge is -2.11. The molecule has 1 aromatic heterocycles. The van der Waals surface area contributed by atoms with Crippen molar-refractivity contribution in [1.29, 1.82) is 0 Å². The maximum Gasteiger partial charge on any atom is 0.0547 e. The van der Waals surface area contributed by atoms with Crippen LogP contribution in [-0.4, -0.2) is 4.57 Å². The highest BCUT2D eigenvalue weighted by molar-refractivity contribution is 6.21. The Balaban J connectivity index is 1.24. The number of nitrogens with zero attached hydrogens (tertiary/aromatic N) is 1. The summed E-state index contributed by atoms with van der Waals surface area (Å²) in [5.74, 6) is 0. The van der Waals surface area contributed by atoms with Crippen molar-refractivity contribution in [2.24, 2.45) is 0 Å². The summed E-state index contributed by atoms with van der Waals surface area (Å²) in [4.78, 5) is 0. The number of aromatic nitrogens is 1. The van der Waals surface area contributed by atoms with E-state index >= 15 is 0 Å². The first-order valence-corrected chi connectivity index (χ1v) is 14.2. The highest BCUT2D eigenvalue weighted by Crippen LogP contribution is 2.39. The fourth-order valence-electron chi connectivity index (χ4n) is 6.76. The molecule has 41 heavy (non-hydrogen) atoms. The zero-order valence-electron chi connectivity index (χ0n) is 22.4. The molecule has 0 radical (unpaired) electrons. The molecule has 0 bridgehead atoms. The molecule has 0 aliphatic carbocycles. The highest BCUT2D eigenvalue weighted by atomic mass is 15.0. The van der Waals surface area contributed by atoms with E-state index in [0.29, 0.717) is 0 Å². The van der Waals surface area contributed by atoms with Crippen molar-refractivity contribution in [3.05, 3.63) is 152 Å². The van der Waals surface area contributed by atoms with Crippen LogP contribution >= 0.6 is 0 Å². The minimum atomic E-state index is 1.19. The molecule has 0 saturated carbocycles. The lowest BCUT2D eigenvalue weighted by Crippen LogP contribution is -1.93. The predicted molar refractivity (Wildman–Crippen MR) is 176 cm³/mol. The molecule has 190 valence electrons. The summed E-state index contributed by atoms with van der Waals surface area (Å²) in [7, 11) is 0. The van der Waals surface area contributed by atoms with Gasteiger partial charge in [-0.15, -0.1) is 0 Å². The smallest absolute Gasteiger partial charge is 0.0547 e. The van der Waals surface area contributed by atoms with Gasteiger partial charge in [-0.1, -0.05) is 115 Å². The fraction of sp³-hybridized carbons (Fsp3) is 0. The Kier molecular flexibility index (Phi) is 4.67. The maximum atomic E-state index is 2.41. The Morgan fingerprint density at radius 3 is 1.76 bits per heavy atom. The Morgan fingerprint density at radius 2 is 0.902 bits per heavy atom. The summed E-state index contributed by atoms with van der Waals surface area (Å²) in [6, 6.07) is 55.6. The van der Waals surface area contributed by atoms with Crippen LogP contribution in [0.2, 0.25) is 0 Å². The van der Waals surface area contributed by atoms with Crippen molar-refractivity contribution in [2.75, 3.05) is 0 Å². The molecule has 0 N–H and O–H groups in total. The highest BCUT2D eigenvalue weighted by Gasteiger charge is 2.15. The summed E-state index contributed by atoms with van der Waals surface area (Å²) >= 11 is 0. The number of benzene rings is 8. The van der Waals surface area contributed by atoms with E-state index in [0.717, 1.165) is 0 Å². The summed E-state index contributed by atoms with van der Waals surface area (Å²) in [6.07, 6.45) is 0. The minimum absolute atomic E-state index is 1.19. The van der Waals surface area contributed by atoms with Crippen molar-refractivity contribution in [1.82, 2.24) is 4.57 Å². The molecule has 0 atom stereocenters. The molecule has 0 saturated heterocycles. The molecule has 0 spiro atoms. The fourth-order valence-corrected chi connectivity index (χ4v) is 6.76. The molecule has 9 rings (SSSR count). The average molecular weight is 520 g/mol. The second-order valence-corrected chi connectivity index (χ2v) is 11.0. The van der Waals surface area contributed by atoms with E-state index in [-0.39, 0.29) is 0 Å². The molecular formula is C40H25N. The summed E-state index contributed by atoms with van der Waals surface area (Å²) in [5, 5.41) is 12.8. The SMILES string of the molecule is c1ccc2cc(-n3c4ccccc4c4c5ccc(-c6ccc7c(ccc8ccccc87)c6)cc5ccc43)ccc2c1. The van der Waals surface area contributed by atoms with E-state index in [9.17, 15) is 0 Å². The number of fused-ring (bicyclic) bond motifs is 9. The van der Waals surface area contributed by atoms with Crippen LogP contribution in [0, 0.1) is 0 Å². The predicted octanol–water partition coefficient (Wildman–Crippen LogP) is 11.1. The number of hydrogen-bond acceptors (Lipinski definition) is 0. The van der Waals surface area contributed by atoms with Crippen molar-refractivity contribution in [2.45, 2.75) is 0 Å². The van der Waals surface area contributed by atoms with Crippen LogP contribution in [0.3, 0.4) is 0 Å². The second-order valence-electron chi connectivity index (χ2n) is 11.0. The van der Waals surface area contributed by atoms with Gasteiger partial charge in [-0.3, -0.25) is 0 Å². The number of para-hydroxylation sites is 1. The van der Waals surface area contributed by atoms with Crippen molar-refractivity contribution in [3.63, 3.8) is 0 Å². The third-order valence-corrected chi connectivity index (χ3v) is 8.72. The van der Waals surface area contributed by atoms with Gasteiger partial charge < -0.3 is 4.57 Å². The molecule has 1 nitrogen and oxygen atoms in total. The topological polar surface area (TPSA) is 4.93 Å². The molecule has 8 aromatic carbocycles. The number of rotatable bonds is 2. The Bertz CT molecular complexity index is 2480. The van der Waals surface area contributed by atoms with E-state index in [1.54, 1.807) is 0 Å². The van der Waals surface area contributed by atoms with Crippen LogP contribution in [0.1, 0.15) is 0 Å².